The molecule has 0 aromatic heterocycles. The van der Waals surface area contributed by atoms with Crippen molar-refractivity contribution in [2.75, 3.05) is 28.4 Å². The SMILES string of the molecule is COc1ccc(C2CC(O)c3cc(OC)c(OC)c(OC)c32)cc1O. The van der Waals surface area contributed by atoms with Crippen LogP contribution in [-0.4, -0.2) is 38.7 Å². The molecule has 0 aliphatic heterocycles. The predicted molar refractivity (Wildman–Crippen MR) is 92.2 cm³/mol. The maximum Gasteiger partial charge on any atom is 0.203 e. The van der Waals surface area contributed by atoms with Crippen LogP contribution in [0.5, 0.6) is 28.7 Å². The molecular weight excluding hydrogens is 324 g/mol. The number of aliphatic hydroxyl groups excluding tert-OH is 1. The summed E-state index contributed by atoms with van der Waals surface area (Å²) >= 11 is 0. The first-order valence-corrected chi connectivity index (χ1v) is 7.93. The van der Waals surface area contributed by atoms with Crippen LogP contribution in [0.4, 0.5) is 0 Å². The van der Waals surface area contributed by atoms with Crippen molar-refractivity contribution in [3.05, 3.63) is 41.0 Å². The normalized spacial score (nSPS) is 18.6. The summed E-state index contributed by atoms with van der Waals surface area (Å²) in [4.78, 5) is 0. The van der Waals surface area contributed by atoms with Crippen LogP contribution in [0.1, 0.15) is 35.1 Å². The maximum atomic E-state index is 10.5. The first-order valence-electron chi connectivity index (χ1n) is 7.93. The fraction of sp³-hybridized carbons (Fsp3) is 0.368. The minimum atomic E-state index is -0.655. The Hall–Kier alpha value is -2.60. The molecule has 0 spiro atoms. The molecule has 134 valence electrons. The van der Waals surface area contributed by atoms with E-state index in [9.17, 15) is 10.2 Å². The zero-order valence-electron chi connectivity index (χ0n) is 14.7. The van der Waals surface area contributed by atoms with Gasteiger partial charge in [0.1, 0.15) is 0 Å². The Morgan fingerprint density at radius 3 is 2.12 bits per heavy atom. The summed E-state index contributed by atoms with van der Waals surface area (Å²) in [6, 6.07) is 7.02. The number of ether oxygens (including phenoxy) is 4. The molecule has 0 bridgehead atoms. The van der Waals surface area contributed by atoms with Crippen LogP contribution in [0.15, 0.2) is 24.3 Å². The molecule has 0 amide bonds. The first-order chi connectivity index (χ1) is 12.0. The molecule has 3 rings (SSSR count). The summed E-state index contributed by atoms with van der Waals surface area (Å²) in [5.74, 6) is 1.85. The Balaban J connectivity index is 2.18. The van der Waals surface area contributed by atoms with Crippen molar-refractivity contribution in [2.24, 2.45) is 0 Å². The quantitative estimate of drug-likeness (QED) is 0.867. The van der Waals surface area contributed by atoms with Crippen molar-refractivity contribution >= 4 is 0 Å². The fourth-order valence-corrected chi connectivity index (χ4v) is 3.53. The van der Waals surface area contributed by atoms with Gasteiger partial charge < -0.3 is 29.2 Å². The Bertz CT molecular complexity index is 786. The smallest absolute Gasteiger partial charge is 0.203 e. The lowest BCUT2D eigenvalue weighted by Crippen LogP contribution is -2.03. The number of phenolic OH excluding ortho intramolecular Hbond substituents is 1. The summed E-state index contributed by atoms with van der Waals surface area (Å²) in [6.45, 7) is 0. The number of hydrogen-bond acceptors (Lipinski definition) is 6. The van der Waals surface area contributed by atoms with Crippen molar-refractivity contribution < 1.29 is 29.2 Å². The van der Waals surface area contributed by atoms with Crippen LogP contribution in [0.3, 0.4) is 0 Å². The number of fused-ring (bicyclic) bond motifs is 1. The number of benzene rings is 2. The zero-order chi connectivity index (χ0) is 18.1. The third kappa shape index (κ3) is 2.72. The lowest BCUT2D eigenvalue weighted by Gasteiger charge is -2.20. The molecular formula is C19H22O6. The van der Waals surface area contributed by atoms with E-state index < -0.39 is 6.10 Å². The minimum Gasteiger partial charge on any atom is -0.504 e. The fourth-order valence-electron chi connectivity index (χ4n) is 3.53. The molecule has 0 saturated heterocycles. The molecule has 25 heavy (non-hydrogen) atoms. The van der Waals surface area contributed by atoms with Gasteiger partial charge in [-0.05, 0) is 35.7 Å². The number of aliphatic hydroxyl groups is 1. The van der Waals surface area contributed by atoms with E-state index in [-0.39, 0.29) is 11.7 Å². The number of rotatable bonds is 5. The summed E-state index contributed by atoms with van der Waals surface area (Å²) in [5, 5.41) is 20.7. The van der Waals surface area contributed by atoms with Gasteiger partial charge in [-0.25, -0.2) is 0 Å². The zero-order valence-corrected chi connectivity index (χ0v) is 14.7. The van der Waals surface area contributed by atoms with E-state index in [0.29, 0.717) is 29.4 Å². The summed E-state index contributed by atoms with van der Waals surface area (Å²) in [5.41, 5.74) is 2.45. The van der Waals surface area contributed by atoms with Crippen LogP contribution >= 0.6 is 0 Å². The molecule has 2 atom stereocenters. The van der Waals surface area contributed by atoms with Gasteiger partial charge in [0.05, 0.1) is 34.5 Å². The lowest BCUT2D eigenvalue weighted by atomic mass is 9.91. The first kappa shape index (κ1) is 17.2. The highest BCUT2D eigenvalue weighted by molar-refractivity contribution is 5.64. The van der Waals surface area contributed by atoms with Crippen LogP contribution in [0, 0.1) is 0 Å². The van der Waals surface area contributed by atoms with Crippen molar-refractivity contribution in [3.63, 3.8) is 0 Å². The Kier molecular flexibility index (Phi) is 4.63. The van der Waals surface area contributed by atoms with Crippen LogP contribution in [0.2, 0.25) is 0 Å². The van der Waals surface area contributed by atoms with Crippen LogP contribution < -0.4 is 18.9 Å². The van der Waals surface area contributed by atoms with Crippen molar-refractivity contribution in [2.45, 2.75) is 18.4 Å². The molecule has 0 saturated carbocycles. The summed E-state index contributed by atoms with van der Waals surface area (Å²) in [6.07, 6.45) is -0.175. The van der Waals surface area contributed by atoms with Gasteiger partial charge in [0.2, 0.25) is 5.75 Å². The van der Waals surface area contributed by atoms with Gasteiger partial charge in [-0.3, -0.25) is 0 Å². The van der Waals surface area contributed by atoms with Crippen LogP contribution in [0.25, 0.3) is 0 Å². The maximum absolute atomic E-state index is 10.5. The third-order valence-corrected chi connectivity index (χ3v) is 4.67. The van der Waals surface area contributed by atoms with E-state index in [0.717, 1.165) is 16.7 Å². The molecule has 2 unspecified atom stereocenters. The Morgan fingerprint density at radius 2 is 1.56 bits per heavy atom. The average molecular weight is 346 g/mol. The highest BCUT2D eigenvalue weighted by Gasteiger charge is 2.37. The van der Waals surface area contributed by atoms with Gasteiger partial charge in [0.25, 0.3) is 0 Å². The standard InChI is InChI=1S/C19H22O6/c1-22-15-6-5-10(7-14(15)21)11-8-13(20)12-9-16(23-2)18(24-3)19(25-4)17(11)12/h5-7,9,11,13,20-21H,8H2,1-4H3. The van der Waals surface area contributed by atoms with Crippen LogP contribution in [-0.2, 0) is 0 Å². The van der Waals surface area contributed by atoms with E-state index in [4.69, 9.17) is 18.9 Å². The molecule has 2 aromatic carbocycles. The summed E-state index contributed by atoms with van der Waals surface area (Å²) in [7, 11) is 6.16. The molecule has 2 N–H and O–H groups in total. The van der Waals surface area contributed by atoms with Gasteiger partial charge >= 0.3 is 0 Å². The van der Waals surface area contributed by atoms with Gasteiger partial charge in [-0.15, -0.1) is 0 Å². The largest absolute Gasteiger partial charge is 0.504 e. The molecule has 6 nitrogen and oxygen atoms in total. The molecule has 0 radical (unpaired) electrons. The second-order valence-electron chi connectivity index (χ2n) is 5.88. The molecule has 0 fully saturated rings. The topological polar surface area (TPSA) is 77.4 Å². The number of hydrogen-bond donors (Lipinski definition) is 2. The molecule has 1 aliphatic carbocycles. The highest BCUT2D eigenvalue weighted by Crippen LogP contribution is 2.54. The number of methoxy groups -OCH3 is 4. The Morgan fingerprint density at radius 1 is 0.880 bits per heavy atom. The molecule has 6 heteroatoms. The average Bonchev–Trinajstić information content (AvgIpc) is 2.96. The van der Waals surface area contributed by atoms with E-state index in [1.54, 1.807) is 39.5 Å². The molecule has 2 aromatic rings. The third-order valence-electron chi connectivity index (χ3n) is 4.67. The number of aromatic hydroxyl groups is 1. The second-order valence-corrected chi connectivity index (χ2v) is 5.88. The van der Waals surface area contributed by atoms with Crippen molar-refractivity contribution in [1.29, 1.82) is 0 Å². The van der Waals surface area contributed by atoms with Crippen molar-refractivity contribution in [3.8, 4) is 28.7 Å². The lowest BCUT2D eigenvalue weighted by molar-refractivity contribution is 0.176. The second kappa shape index (κ2) is 6.72. The van der Waals surface area contributed by atoms with Gasteiger partial charge in [-0.1, -0.05) is 6.07 Å². The van der Waals surface area contributed by atoms with E-state index in [2.05, 4.69) is 0 Å². The number of phenols is 1. The minimum absolute atomic E-state index is 0.0578. The van der Waals surface area contributed by atoms with E-state index in [1.807, 2.05) is 6.07 Å². The van der Waals surface area contributed by atoms with Crippen molar-refractivity contribution in [1.82, 2.24) is 0 Å². The van der Waals surface area contributed by atoms with Gasteiger partial charge in [-0.2, -0.15) is 0 Å². The molecule has 0 heterocycles. The summed E-state index contributed by atoms with van der Waals surface area (Å²) < 4.78 is 21.5. The van der Waals surface area contributed by atoms with Gasteiger partial charge in [0.15, 0.2) is 23.0 Å². The predicted octanol–water partition coefficient (Wildman–Crippen LogP) is 3.00. The molecule has 1 aliphatic rings. The van der Waals surface area contributed by atoms with Gasteiger partial charge in [0, 0.05) is 11.5 Å². The Labute approximate surface area is 146 Å². The monoisotopic (exact) mass is 346 g/mol. The van der Waals surface area contributed by atoms with E-state index in [1.165, 1.54) is 7.11 Å². The highest BCUT2D eigenvalue weighted by atomic mass is 16.5. The van der Waals surface area contributed by atoms with E-state index >= 15 is 0 Å².